The highest BCUT2D eigenvalue weighted by Crippen LogP contribution is 2.59. The highest BCUT2D eigenvalue weighted by Gasteiger charge is 2.50. The van der Waals surface area contributed by atoms with Crippen LogP contribution < -0.4 is 26.4 Å². The molecule has 8 aromatic carbocycles. The van der Waals surface area contributed by atoms with Crippen molar-refractivity contribution in [3.8, 4) is 16.8 Å². The first-order chi connectivity index (χ1) is 39.3. The lowest BCUT2D eigenvalue weighted by atomic mass is 9.35. The molecule has 2 aliphatic heterocycles. The zero-order valence-electron chi connectivity index (χ0n) is 48.6. The maximum atomic E-state index is 7.83. The minimum Gasteiger partial charge on any atom is -0.468 e. The van der Waals surface area contributed by atoms with Crippen LogP contribution in [0.15, 0.2) is 156 Å². The molecule has 1 atom stereocenters. The van der Waals surface area contributed by atoms with Crippen LogP contribution in [-0.4, -0.2) is 11.3 Å². The molecule has 0 saturated heterocycles. The summed E-state index contributed by atoms with van der Waals surface area (Å²) in [6, 6.07) is 60.7. The van der Waals surface area contributed by atoms with Gasteiger partial charge in [0.15, 0.2) is 0 Å². The number of para-hydroxylation sites is 2. The molecule has 0 amide bonds. The van der Waals surface area contributed by atoms with Crippen molar-refractivity contribution in [2.75, 3.05) is 9.80 Å². The number of nitrogens with zero attached hydrogens (tertiary/aromatic N) is 3. The summed E-state index contributed by atoms with van der Waals surface area (Å²) in [5.41, 5.74) is 29.2. The van der Waals surface area contributed by atoms with Gasteiger partial charge in [-0.3, -0.25) is 0 Å². The molecule has 2 saturated carbocycles. The molecule has 5 aliphatic carbocycles. The summed E-state index contributed by atoms with van der Waals surface area (Å²) in [5.74, 6) is 1.000. The van der Waals surface area contributed by atoms with Crippen LogP contribution in [0.4, 0.5) is 34.1 Å². The van der Waals surface area contributed by atoms with Crippen molar-refractivity contribution in [3.05, 3.63) is 191 Å². The standard InChI is InChI=1S/C76H74BN3O/c1-46-33-36-73(2,3)60-45-69-57(44-56(46)60)71-72(81-69)77-63-32-27-48(47-19-9-8-10-20-47)39-66(63)78(49-28-30-53-52-21-11-14-24-58(52)76(61(53)40-49)34-17-18-35-76)67-42-51(79-64-25-15-12-22-54(64)55-23-13-16-26-65(55)79)43-68(70(67)77)80(71)50-29-31-59-62(41-50)75(6,7)38-37-74(59,4)5/h11-16,21-32,39-47H,8-10,17-20,33-38H2,1-7H3. The second-order valence-electron chi connectivity index (χ2n) is 28.2. The Morgan fingerprint density at radius 2 is 1.11 bits per heavy atom. The quantitative estimate of drug-likeness (QED) is 0.164. The van der Waals surface area contributed by atoms with E-state index >= 15 is 0 Å². The second-order valence-corrected chi connectivity index (χ2v) is 28.2. The van der Waals surface area contributed by atoms with Crippen molar-refractivity contribution < 1.29 is 4.42 Å². The molecule has 7 aliphatic rings. The zero-order chi connectivity index (χ0) is 54.5. The Kier molecular flexibility index (Phi) is 10.1. The van der Waals surface area contributed by atoms with Gasteiger partial charge >= 0.3 is 0 Å². The molecule has 2 aromatic heterocycles. The first kappa shape index (κ1) is 48.5. The summed E-state index contributed by atoms with van der Waals surface area (Å²) in [6.07, 6.45) is 16.0. The molecular weight excluding hydrogens is 982 g/mol. The van der Waals surface area contributed by atoms with Gasteiger partial charge < -0.3 is 18.8 Å². The van der Waals surface area contributed by atoms with Gasteiger partial charge in [0.05, 0.1) is 28.1 Å². The number of aromatic nitrogens is 1. The number of hydrogen-bond acceptors (Lipinski definition) is 3. The molecule has 1 spiro atoms. The first-order valence-electron chi connectivity index (χ1n) is 31.2. The third-order valence-electron chi connectivity index (χ3n) is 22.3. The van der Waals surface area contributed by atoms with Crippen LogP contribution in [0.5, 0.6) is 0 Å². The van der Waals surface area contributed by atoms with Crippen LogP contribution in [0.1, 0.15) is 183 Å². The van der Waals surface area contributed by atoms with Gasteiger partial charge in [0, 0.05) is 50.0 Å². The van der Waals surface area contributed by atoms with Crippen LogP contribution in [0, 0.1) is 0 Å². The van der Waals surface area contributed by atoms with E-state index in [1.54, 1.807) is 0 Å². The monoisotopic (exact) mass is 1060 g/mol. The van der Waals surface area contributed by atoms with E-state index in [1.165, 1.54) is 205 Å². The van der Waals surface area contributed by atoms with E-state index in [1.807, 2.05) is 0 Å². The van der Waals surface area contributed by atoms with Gasteiger partial charge in [-0.15, -0.1) is 0 Å². The lowest BCUT2D eigenvalue weighted by molar-refractivity contribution is 0.332. The van der Waals surface area contributed by atoms with Crippen molar-refractivity contribution >= 4 is 90.2 Å². The fraction of sp³-hybridized carbons (Fsp3) is 0.342. The van der Waals surface area contributed by atoms with E-state index in [-0.39, 0.29) is 28.4 Å². The van der Waals surface area contributed by atoms with Gasteiger partial charge in [-0.25, -0.2) is 0 Å². The normalized spacial score (nSPS) is 20.5. The number of rotatable bonds is 4. The van der Waals surface area contributed by atoms with Crippen LogP contribution in [0.3, 0.4) is 0 Å². The molecule has 0 bridgehead atoms. The van der Waals surface area contributed by atoms with E-state index in [2.05, 4.69) is 214 Å². The third-order valence-corrected chi connectivity index (χ3v) is 22.3. The van der Waals surface area contributed by atoms with E-state index < -0.39 is 0 Å². The van der Waals surface area contributed by atoms with Crippen molar-refractivity contribution in [2.24, 2.45) is 0 Å². The number of benzene rings is 8. The molecule has 4 heterocycles. The van der Waals surface area contributed by atoms with Gasteiger partial charge in [-0.05, 0) is 207 Å². The van der Waals surface area contributed by atoms with Crippen LogP contribution in [0.2, 0.25) is 0 Å². The summed E-state index contributed by atoms with van der Waals surface area (Å²) in [5, 5.41) is 3.78. The third kappa shape index (κ3) is 6.73. The predicted molar refractivity (Wildman–Crippen MR) is 341 cm³/mol. The summed E-state index contributed by atoms with van der Waals surface area (Å²) < 4.78 is 10.4. The van der Waals surface area contributed by atoms with Crippen LogP contribution in [-0.2, 0) is 21.7 Å². The van der Waals surface area contributed by atoms with Crippen LogP contribution >= 0.6 is 0 Å². The summed E-state index contributed by atoms with van der Waals surface area (Å²) in [7, 11) is 0. The topological polar surface area (TPSA) is 24.6 Å². The smallest absolute Gasteiger partial charge is 0.297 e. The Balaban J connectivity index is 1.02. The predicted octanol–water partition coefficient (Wildman–Crippen LogP) is 19.0. The van der Waals surface area contributed by atoms with E-state index in [9.17, 15) is 0 Å². The molecule has 17 rings (SSSR count). The summed E-state index contributed by atoms with van der Waals surface area (Å²) in [6.45, 7) is 17.1. The maximum Gasteiger partial charge on any atom is 0.297 e. The van der Waals surface area contributed by atoms with Crippen LogP contribution in [0.25, 0.3) is 49.6 Å². The molecule has 0 radical (unpaired) electrons. The van der Waals surface area contributed by atoms with Crippen molar-refractivity contribution in [1.29, 1.82) is 0 Å². The molecule has 2 fully saturated rings. The largest absolute Gasteiger partial charge is 0.468 e. The molecule has 402 valence electrons. The highest BCUT2D eigenvalue weighted by atomic mass is 16.3. The van der Waals surface area contributed by atoms with Gasteiger partial charge in [0.2, 0.25) is 0 Å². The minimum absolute atomic E-state index is 0.0144. The fourth-order valence-corrected chi connectivity index (χ4v) is 17.8. The van der Waals surface area contributed by atoms with Gasteiger partial charge in [-0.2, -0.15) is 0 Å². The fourth-order valence-electron chi connectivity index (χ4n) is 17.8. The Morgan fingerprint density at radius 3 is 1.88 bits per heavy atom. The number of fused-ring (bicyclic) bond motifs is 16. The van der Waals surface area contributed by atoms with Crippen molar-refractivity contribution in [2.45, 2.75) is 165 Å². The van der Waals surface area contributed by atoms with E-state index in [0.29, 0.717) is 11.8 Å². The highest BCUT2D eigenvalue weighted by molar-refractivity contribution is 7.00. The van der Waals surface area contributed by atoms with Gasteiger partial charge in [0.1, 0.15) is 5.58 Å². The summed E-state index contributed by atoms with van der Waals surface area (Å²) in [4.78, 5) is 5.44. The zero-order valence-corrected chi connectivity index (χ0v) is 48.6. The molecule has 5 heteroatoms. The Hall–Kier alpha value is -7.24. The van der Waals surface area contributed by atoms with Gasteiger partial charge in [-0.1, -0.05) is 165 Å². The number of anilines is 6. The van der Waals surface area contributed by atoms with E-state index in [4.69, 9.17) is 4.42 Å². The SMILES string of the molecule is CC1CCC(C)(C)c2cc3oc4c(c3cc21)N(c1ccc2c(c1)C(C)(C)CCC2(C)C)c1cc(-n2c3ccccc3c3ccccc32)cc2c1B4c1ccc(C3CCCCC3)cc1N2c1ccc2c(c1)C1(CCCC1)c1ccccc1-2. The summed E-state index contributed by atoms with van der Waals surface area (Å²) >= 11 is 0. The lowest BCUT2D eigenvalue weighted by Crippen LogP contribution is -2.61. The molecule has 81 heavy (non-hydrogen) atoms. The van der Waals surface area contributed by atoms with Crippen molar-refractivity contribution in [1.82, 2.24) is 4.57 Å². The Labute approximate surface area is 479 Å². The molecule has 10 aromatic rings. The van der Waals surface area contributed by atoms with Crippen molar-refractivity contribution in [3.63, 3.8) is 0 Å². The number of furan rings is 1. The number of hydrogen-bond donors (Lipinski definition) is 0. The average Bonchev–Trinajstić information content (AvgIpc) is 3.85. The first-order valence-corrected chi connectivity index (χ1v) is 31.2. The Morgan fingerprint density at radius 1 is 0.469 bits per heavy atom. The van der Waals surface area contributed by atoms with E-state index in [0.717, 1.165) is 17.7 Å². The average molecular weight is 1060 g/mol. The maximum absolute atomic E-state index is 7.83. The minimum atomic E-state index is -0.150. The van der Waals surface area contributed by atoms with Gasteiger partial charge in [0.25, 0.3) is 6.71 Å². The molecular formula is C76H74BN3O. The molecule has 4 nitrogen and oxygen atoms in total. The molecule has 1 unspecified atom stereocenters. The molecule has 0 N–H and O–H groups in total. The second kappa shape index (κ2) is 16.9. The lowest BCUT2D eigenvalue weighted by Gasteiger charge is -2.45. The Bertz CT molecular complexity index is 4270.